The quantitative estimate of drug-likeness (QED) is 0.830. The molecule has 3 rings (SSSR count). The molecule has 17 heavy (non-hydrogen) atoms. The van der Waals surface area contributed by atoms with E-state index in [-0.39, 0.29) is 5.91 Å². The van der Waals surface area contributed by atoms with Gasteiger partial charge in [-0.15, -0.1) is 0 Å². The molecular weight excluding hydrogens is 282 g/mol. The standard InChI is InChI=1S/C12H16BrN3O/c13-8-5-11(14-6-8)12(17)16-4-3-9-1-2-10(7-16)15-9/h5-6,9-10,14-15H,1-4,7H2. The van der Waals surface area contributed by atoms with Crippen molar-refractivity contribution in [1.29, 1.82) is 0 Å². The van der Waals surface area contributed by atoms with Crippen molar-refractivity contribution in [2.75, 3.05) is 13.1 Å². The van der Waals surface area contributed by atoms with Crippen LogP contribution in [-0.2, 0) is 0 Å². The van der Waals surface area contributed by atoms with E-state index in [1.807, 2.05) is 11.0 Å². The Bertz CT molecular complexity index is 431. The number of likely N-dealkylation sites (tertiary alicyclic amines) is 1. The number of hydrogen-bond donors (Lipinski definition) is 2. The van der Waals surface area contributed by atoms with E-state index >= 15 is 0 Å². The summed E-state index contributed by atoms with van der Waals surface area (Å²) >= 11 is 3.36. The minimum absolute atomic E-state index is 0.116. The van der Waals surface area contributed by atoms with Crippen molar-refractivity contribution in [1.82, 2.24) is 15.2 Å². The van der Waals surface area contributed by atoms with Crippen molar-refractivity contribution >= 4 is 21.8 Å². The number of halogens is 1. The average molecular weight is 298 g/mol. The Balaban J connectivity index is 1.73. The van der Waals surface area contributed by atoms with Crippen LogP contribution < -0.4 is 5.32 Å². The van der Waals surface area contributed by atoms with Gasteiger partial charge in [0.15, 0.2) is 0 Å². The summed E-state index contributed by atoms with van der Waals surface area (Å²) in [5.41, 5.74) is 0.676. The number of carbonyl (C=O) groups excluding carboxylic acids is 1. The number of rotatable bonds is 1. The van der Waals surface area contributed by atoms with Gasteiger partial charge in [0.05, 0.1) is 0 Å². The molecule has 2 unspecified atom stereocenters. The Kier molecular flexibility index (Phi) is 2.96. The van der Waals surface area contributed by atoms with Gasteiger partial charge in [-0.2, -0.15) is 0 Å². The van der Waals surface area contributed by atoms with E-state index in [2.05, 4.69) is 26.2 Å². The van der Waals surface area contributed by atoms with E-state index in [0.29, 0.717) is 17.8 Å². The van der Waals surface area contributed by atoms with Crippen LogP contribution in [0.15, 0.2) is 16.7 Å². The molecule has 0 aromatic carbocycles. The van der Waals surface area contributed by atoms with Crippen molar-refractivity contribution in [3.05, 3.63) is 22.4 Å². The highest BCUT2D eigenvalue weighted by Gasteiger charge is 2.31. The molecule has 0 spiro atoms. The molecule has 92 valence electrons. The predicted octanol–water partition coefficient (Wildman–Crippen LogP) is 1.74. The van der Waals surface area contributed by atoms with Gasteiger partial charge in [-0.3, -0.25) is 4.79 Å². The lowest BCUT2D eigenvalue weighted by molar-refractivity contribution is 0.0743. The van der Waals surface area contributed by atoms with Gasteiger partial charge in [0.2, 0.25) is 0 Å². The zero-order valence-electron chi connectivity index (χ0n) is 9.58. The Morgan fingerprint density at radius 1 is 1.35 bits per heavy atom. The first-order chi connectivity index (χ1) is 8.22. The fourth-order valence-corrected chi connectivity index (χ4v) is 3.13. The monoisotopic (exact) mass is 297 g/mol. The van der Waals surface area contributed by atoms with E-state index in [0.717, 1.165) is 24.0 Å². The molecule has 1 aromatic rings. The molecule has 2 aliphatic heterocycles. The summed E-state index contributed by atoms with van der Waals surface area (Å²) < 4.78 is 0.926. The molecule has 2 fully saturated rings. The zero-order chi connectivity index (χ0) is 11.8. The largest absolute Gasteiger partial charge is 0.356 e. The van der Waals surface area contributed by atoms with Crippen molar-refractivity contribution in [2.45, 2.75) is 31.3 Å². The second-order valence-corrected chi connectivity index (χ2v) is 5.82. The molecule has 1 aromatic heterocycles. The van der Waals surface area contributed by atoms with Gasteiger partial charge < -0.3 is 15.2 Å². The number of amides is 1. The summed E-state index contributed by atoms with van der Waals surface area (Å²) in [6.07, 6.45) is 5.34. The third-order valence-corrected chi connectivity index (χ3v) is 4.15. The van der Waals surface area contributed by atoms with E-state index < -0.39 is 0 Å². The van der Waals surface area contributed by atoms with Gasteiger partial charge in [0.1, 0.15) is 5.69 Å². The maximum absolute atomic E-state index is 12.3. The highest BCUT2D eigenvalue weighted by atomic mass is 79.9. The molecule has 2 N–H and O–H groups in total. The predicted molar refractivity (Wildman–Crippen MR) is 69.0 cm³/mol. The number of aromatic amines is 1. The number of H-pyrrole nitrogens is 1. The molecule has 0 radical (unpaired) electrons. The van der Waals surface area contributed by atoms with Gasteiger partial charge in [-0.25, -0.2) is 0 Å². The molecule has 5 heteroatoms. The second-order valence-electron chi connectivity index (χ2n) is 4.91. The number of carbonyl (C=O) groups is 1. The third-order valence-electron chi connectivity index (χ3n) is 3.69. The molecule has 2 saturated heterocycles. The highest BCUT2D eigenvalue weighted by Crippen LogP contribution is 2.22. The molecule has 2 bridgehead atoms. The van der Waals surface area contributed by atoms with Crippen LogP contribution in [0.1, 0.15) is 29.8 Å². The van der Waals surface area contributed by atoms with Gasteiger partial charge >= 0.3 is 0 Å². The molecule has 1 amide bonds. The maximum Gasteiger partial charge on any atom is 0.270 e. The van der Waals surface area contributed by atoms with E-state index in [1.165, 1.54) is 12.8 Å². The van der Waals surface area contributed by atoms with Gasteiger partial charge in [-0.1, -0.05) is 0 Å². The Morgan fingerprint density at radius 3 is 2.94 bits per heavy atom. The van der Waals surface area contributed by atoms with Gasteiger partial charge in [0.25, 0.3) is 5.91 Å². The summed E-state index contributed by atoms with van der Waals surface area (Å²) in [6.45, 7) is 1.70. The normalized spacial score (nSPS) is 28.2. The molecule has 3 heterocycles. The number of nitrogens with zero attached hydrogens (tertiary/aromatic N) is 1. The zero-order valence-corrected chi connectivity index (χ0v) is 11.2. The summed E-state index contributed by atoms with van der Waals surface area (Å²) in [5, 5.41) is 3.58. The maximum atomic E-state index is 12.3. The molecular formula is C12H16BrN3O. The highest BCUT2D eigenvalue weighted by molar-refractivity contribution is 9.10. The summed E-state index contributed by atoms with van der Waals surface area (Å²) in [6, 6.07) is 2.96. The lowest BCUT2D eigenvalue weighted by atomic mass is 10.1. The minimum atomic E-state index is 0.116. The van der Waals surface area contributed by atoms with Crippen molar-refractivity contribution in [2.24, 2.45) is 0 Å². The summed E-state index contributed by atoms with van der Waals surface area (Å²) in [4.78, 5) is 17.3. The lowest BCUT2D eigenvalue weighted by Crippen LogP contribution is -2.39. The number of nitrogens with one attached hydrogen (secondary N) is 2. The smallest absolute Gasteiger partial charge is 0.270 e. The molecule has 0 aliphatic carbocycles. The number of fused-ring (bicyclic) bond motifs is 2. The summed E-state index contributed by atoms with van der Waals surface area (Å²) in [7, 11) is 0. The second kappa shape index (κ2) is 4.46. The van der Waals surface area contributed by atoms with Crippen LogP contribution in [0, 0.1) is 0 Å². The van der Waals surface area contributed by atoms with E-state index in [4.69, 9.17) is 0 Å². The van der Waals surface area contributed by atoms with E-state index in [1.54, 1.807) is 6.20 Å². The van der Waals surface area contributed by atoms with Crippen molar-refractivity contribution < 1.29 is 4.79 Å². The van der Waals surface area contributed by atoms with E-state index in [9.17, 15) is 4.79 Å². The lowest BCUT2D eigenvalue weighted by Gasteiger charge is -2.23. The first-order valence-corrected chi connectivity index (χ1v) is 6.91. The molecule has 4 nitrogen and oxygen atoms in total. The first-order valence-electron chi connectivity index (χ1n) is 6.11. The molecule has 2 aliphatic rings. The molecule has 0 saturated carbocycles. The SMILES string of the molecule is O=C(c1cc(Br)c[nH]1)N1CCC2CCC(C1)N2. The van der Waals surface area contributed by atoms with Crippen LogP contribution >= 0.6 is 15.9 Å². The molecule has 2 atom stereocenters. The van der Waals surface area contributed by atoms with Crippen molar-refractivity contribution in [3.63, 3.8) is 0 Å². The number of aromatic nitrogens is 1. The summed E-state index contributed by atoms with van der Waals surface area (Å²) in [5.74, 6) is 0.116. The fourth-order valence-electron chi connectivity index (χ4n) is 2.79. The number of hydrogen-bond acceptors (Lipinski definition) is 2. The van der Waals surface area contributed by atoms with Crippen molar-refractivity contribution in [3.8, 4) is 0 Å². The average Bonchev–Trinajstić information content (AvgIpc) is 2.84. The van der Waals surface area contributed by atoms with Crippen LogP contribution in [0.25, 0.3) is 0 Å². The third kappa shape index (κ3) is 2.26. The van der Waals surface area contributed by atoms with Crippen LogP contribution in [0.4, 0.5) is 0 Å². The van der Waals surface area contributed by atoms with Gasteiger partial charge in [-0.05, 0) is 41.3 Å². The van der Waals surface area contributed by atoms with Crippen LogP contribution in [0.2, 0.25) is 0 Å². The fraction of sp³-hybridized carbons (Fsp3) is 0.583. The van der Waals surface area contributed by atoms with Crippen LogP contribution in [0.5, 0.6) is 0 Å². The van der Waals surface area contributed by atoms with Crippen LogP contribution in [-0.4, -0.2) is 41.0 Å². The Hall–Kier alpha value is -0.810. The van der Waals surface area contributed by atoms with Crippen LogP contribution in [0.3, 0.4) is 0 Å². The minimum Gasteiger partial charge on any atom is -0.356 e. The Labute approximate surface area is 109 Å². The van der Waals surface area contributed by atoms with Gasteiger partial charge in [0, 0.05) is 35.8 Å². The first kappa shape index (κ1) is 11.3. The topological polar surface area (TPSA) is 48.1 Å². The Morgan fingerprint density at radius 2 is 2.18 bits per heavy atom.